The third-order valence-corrected chi connectivity index (χ3v) is 5.22. The fourth-order valence-electron chi connectivity index (χ4n) is 2.84. The Morgan fingerprint density at radius 2 is 1.86 bits per heavy atom. The van der Waals surface area contributed by atoms with Crippen LogP contribution in [0.25, 0.3) is 0 Å². The molecule has 1 atom stereocenters. The van der Waals surface area contributed by atoms with Gasteiger partial charge in [-0.2, -0.15) is 23.3 Å². The molecule has 0 spiro atoms. The molecule has 0 fully saturated rings. The molecule has 0 aromatic heterocycles. The quantitative estimate of drug-likeness (QED) is 0.723. The van der Waals surface area contributed by atoms with Gasteiger partial charge in [0.2, 0.25) is 0 Å². The zero-order chi connectivity index (χ0) is 21.4. The van der Waals surface area contributed by atoms with E-state index >= 15 is 0 Å². The third-order valence-electron chi connectivity index (χ3n) is 4.69. The Kier molecular flexibility index (Phi) is 5.73. The lowest BCUT2D eigenvalue weighted by Crippen LogP contribution is -2.57. The van der Waals surface area contributed by atoms with Crippen LogP contribution in [0.2, 0.25) is 0 Å². The zero-order valence-electron chi connectivity index (χ0n) is 15.6. The number of nitrogens with zero attached hydrogens (tertiary/aromatic N) is 2. The van der Waals surface area contributed by atoms with Crippen molar-refractivity contribution in [3.8, 4) is 5.75 Å². The lowest BCUT2D eigenvalue weighted by molar-refractivity contribution is -0.302. The van der Waals surface area contributed by atoms with Gasteiger partial charge in [0.15, 0.2) is 6.61 Å². The topological polar surface area (TPSA) is 62.1 Å². The highest BCUT2D eigenvalue weighted by Gasteiger charge is 2.63. The average molecular weight is 471 g/mol. The molecule has 0 radical (unpaired) electrons. The molecule has 154 valence electrons. The zero-order valence-corrected chi connectivity index (χ0v) is 17.2. The molecule has 5 nitrogen and oxygen atoms in total. The average Bonchev–Trinajstić information content (AvgIpc) is 3.02. The number of benzene rings is 2. The van der Waals surface area contributed by atoms with Crippen LogP contribution in [0.4, 0.5) is 13.2 Å². The van der Waals surface area contributed by atoms with E-state index in [0.29, 0.717) is 11.3 Å². The Balaban J connectivity index is 1.84. The van der Waals surface area contributed by atoms with E-state index in [4.69, 9.17) is 4.74 Å². The van der Waals surface area contributed by atoms with Crippen LogP contribution in [-0.4, -0.2) is 40.2 Å². The molecule has 2 aromatic rings. The van der Waals surface area contributed by atoms with Gasteiger partial charge in [-0.05, 0) is 54.8 Å². The number of halogens is 4. The number of hydrogen-bond acceptors (Lipinski definition) is 4. The number of aryl methyl sites for hydroxylation is 2. The summed E-state index contributed by atoms with van der Waals surface area (Å²) in [7, 11) is 0. The number of hydrogen-bond donors (Lipinski definition) is 1. The molecule has 2 aromatic carbocycles. The van der Waals surface area contributed by atoms with E-state index in [1.54, 1.807) is 42.5 Å². The Bertz CT molecular complexity index is 960. The predicted octanol–water partition coefficient (Wildman–Crippen LogP) is 4.33. The minimum Gasteiger partial charge on any atom is -0.484 e. The van der Waals surface area contributed by atoms with Crippen LogP contribution in [0.5, 0.6) is 5.75 Å². The number of aliphatic hydroxyl groups is 1. The predicted molar refractivity (Wildman–Crippen MR) is 105 cm³/mol. The van der Waals surface area contributed by atoms with Gasteiger partial charge in [-0.25, -0.2) is 0 Å². The van der Waals surface area contributed by atoms with Crippen LogP contribution in [-0.2, 0) is 4.79 Å². The van der Waals surface area contributed by atoms with Crippen molar-refractivity contribution in [1.29, 1.82) is 0 Å². The lowest BCUT2D eigenvalue weighted by atomic mass is 10.0. The van der Waals surface area contributed by atoms with Gasteiger partial charge in [0.05, 0.1) is 12.1 Å². The van der Waals surface area contributed by atoms with Crippen molar-refractivity contribution in [3.63, 3.8) is 0 Å². The van der Waals surface area contributed by atoms with Crippen LogP contribution < -0.4 is 4.74 Å². The highest BCUT2D eigenvalue weighted by Crippen LogP contribution is 2.41. The van der Waals surface area contributed by atoms with Gasteiger partial charge in [0, 0.05) is 4.47 Å². The Morgan fingerprint density at radius 1 is 1.21 bits per heavy atom. The van der Waals surface area contributed by atoms with Crippen LogP contribution in [0, 0.1) is 13.8 Å². The number of ether oxygens (including phenoxy) is 1. The molecule has 0 bridgehead atoms. The highest BCUT2D eigenvalue weighted by molar-refractivity contribution is 9.10. The van der Waals surface area contributed by atoms with Crippen molar-refractivity contribution in [2.24, 2.45) is 5.10 Å². The van der Waals surface area contributed by atoms with E-state index in [0.717, 1.165) is 15.6 Å². The minimum atomic E-state index is -5.09. The number of carbonyl (C=O) groups excluding carboxylic acids is 1. The lowest BCUT2D eigenvalue weighted by Gasteiger charge is -2.32. The van der Waals surface area contributed by atoms with Gasteiger partial charge in [-0.3, -0.25) is 4.79 Å². The van der Waals surface area contributed by atoms with Gasteiger partial charge in [0.25, 0.3) is 11.6 Å². The van der Waals surface area contributed by atoms with Crippen molar-refractivity contribution in [2.75, 3.05) is 6.61 Å². The Morgan fingerprint density at radius 3 is 2.45 bits per heavy atom. The van der Waals surface area contributed by atoms with Crippen LogP contribution in [0.3, 0.4) is 0 Å². The van der Waals surface area contributed by atoms with E-state index in [-0.39, 0.29) is 10.7 Å². The summed E-state index contributed by atoms with van der Waals surface area (Å²) in [5, 5.41) is 14.2. The SMILES string of the molecule is Cc1ccc(OCC(=O)N2N=C(c3ccc(Br)cc3)C[C@]2(O)C(F)(F)F)cc1C. The molecule has 1 aliphatic heterocycles. The number of hydrazone groups is 1. The summed E-state index contributed by atoms with van der Waals surface area (Å²) in [5.74, 6) is -0.761. The fraction of sp³-hybridized carbons (Fsp3) is 0.300. The fourth-order valence-corrected chi connectivity index (χ4v) is 3.11. The second-order valence-corrected chi connectivity index (χ2v) is 7.70. The van der Waals surface area contributed by atoms with Crippen molar-refractivity contribution in [2.45, 2.75) is 32.2 Å². The van der Waals surface area contributed by atoms with Crippen molar-refractivity contribution in [3.05, 3.63) is 63.6 Å². The summed E-state index contributed by atoms with van der Waals surface area (Å²) < 4.78 is 46.9. The first-order valence-corrected chi connectivity index (χ1v) is 9.46. The Labute approximate surface area is 173 Å². The van der Waals surface area contributed by atoms with E-state index in [9.17, 15) is 23.1 Å². The monoisotopic (exact) mass is 470 g/mol. The van der Waals surface area contributed by atoms with E-state index in [1.165, 1.54) is 0 Å². The van der Waals surface area contributed by atoms with E-state index < -0.39 is 30.8 Å². The maximum Gasteiger partial charge on any atom is 0.438 e. The molecule has 0 saturated heterocycles. The molecule has 1 aliphatic rings. The largest absolute Gasteiger partial charge is 0.484 e. The molecule has 0 aliphatic carbocycles. The summed E-state index contributed by atoms with van der Waals surface area (Å²) in [4.78, 5) is 12.5. The normalized spacial score (nSPS) is 19.3. The Hall–Kier alpha value is -2.39. The van der Waals surface area contributed by atoms with E-state index in [2.05, 4.69) is 21.0 Å². The summed E-state index contributed by atoms with van der Waals surface area (Å²) in [6.45, 7) is 3.05. The summed E-state index contributed by atoms with van der Waals surface area (Å²) in [5.41, 5.74) is -1.17. The van der Waals surface area contributed by atoms with Gasteiger partial charge >= 0.3 is 6.18 Å². The van der Waals surface area contributed by atoms with Crippen molar-refractivity contribution >= 4 is 27.5 Å². The molecule has 9 heteroatoms. The number of rotatable bonds is 4. The molecular weight excluding hydrogens is 453 g/mol. The molecule has 1 heterocycles. The number of amides is 1. The highest BCUT2D eigenvalue weighted by atomic mass is 79.9. The summed E-state index contributed by atoms with van der Waals surface area (Å²) >= 11 is 3.25. The molecule has 0 unspecified atom stereocenters. The molecule has 1 amide bonds. The summed E-state index contributed by atoms with van der Waals surface area (Å²) in [6, 6.07) is 11.5. The smallest absolute Gasteiger partial charge is 0.438 e. The third kappa shape index (κ3) is 4.30. The molecule has 29 heavy (non-hydrogen) atoms. The first kappa shape index (κ1) is 21.3. The van der Waals surface area contributed by atoms with Gasteiger partial charge in [-0.1, -0.05) is 34.1 Å². The second kappa shape index (κ2) is 7.79. The molecule has 0 saturated carbocycles. The van der Waals surface area contributed by atoms with Crippen molar-refractivity contribution in [1.82, 2.24) is 5.01 Å². The van der Waals surface area contributed by atoms with Crippen LogP contribution in [0.15, 0.2) is 52.0 Å². The van der Waals surface area contributed by atoms with Crippen LogP contribution >= 0.6 is 15.9 Å². The molecule has 3 rings (SSSR count). The van der Waals surface area contributed by atoms with Gasteiger partial charge in [-0.15, -0.1) is 0 Å². The van der Waals surface area contributed by atoms with Crippen LogP contribution in [0.1, 0.15) is 23.1 Å². The maximum absolute atomic E-state index is 13.6. The van der Waals surface area contributed by atoms with E-state index in [1.807, 2.05) is 13.8 Å². The first-order chi connectivity index (χ1) is 13.5. The standard InChI is InChI=1S/C20H18BrF3N2O3/c1-12-3-8-16(9-13(12)2)29-11-18(27)26-19(28,20(22,23)24)10-17(25-26)14-4-6-15(21)7-5-14/h3-9,28H,10-11H2,1-2H3/t19-/m0/s1. The first-order valence-electron chi connectivity index (χ1n) is 8.67. The summed E-state index contributed by atoms with van der Waals surface area (Å²) in [6.07, 6.45) is -5.96. The van der Waals surface area contributed by atoms with Crippen molar-refractivity contribution < 1.29 is 27.8 Å². The van der Waals surface area contributed by atoms with Gasteiger partial charge in [0.1, 0.15) is 5.75 Å². The second-order valence-electron chi connectivity index (χ2n) is 6.79. The molecule has 1 N–H and O–H groups in total. The maximum atomic E-state index is 13.6. The number of carbonyl (C=O) groups is 1. The minimum absolute atomic E-state index is 0.0446. The molecular formula is C20H18BrF3N2O3. The van der Waals surface area contributed by atoms with Gasteiger partial charge < -0.3 is 9.84 Å². The number of alkyl halides is 3.